The van der Waals surface area contributed by atoms with Crippen LogP contribution >= 0.6 is 0 Å². The number of benzene rings is 1. The second-order valence-electron chi connectivity index (χ2n) is 13.5. The maximum atomic E-state index is 14.3. The van der Waals surface area contributed by atoms with Crippen LogP contribution in [0.2, 0.25) is 0 Å². The van der Waals surface area contributed by atoms with Crippen molar-refractivity contribution < 1.29 is 37.0 Å². The minimum atomic E-state index is -2.83. The Morgan fingerprint density at radius 3 is 2.47 bits per heavy atom. The molecule has 6 rings (SSSR count). The highest BCUT2D eigenvalue weighted by Crippen LogP contribution is 2.34. The van der Waals surface area contributed by atoms with Crippen LogP contribution in [-0.4, -0.2) is 93.1 Å². The number of rotatable bonds is 8. The average Bonchev–Trinajstić information content (AvgIpc) is 3.63. The van der Waals surface area contributed by atoms with Crippen LogP contribution in [0, 0.1) is 5.92 Å². The molecule has 0 N–H and O–H groups in total. The van der Waals surface area contributed by atoms with Crippen molar-refractivity contribution in [2.24, 2.45) is 5.92 Å². The van der Waals surface area contributed by atoms with Crippen molar-refractivity contribution in [2.75, 3.05) is 37.7 Å². The van der Waals surface area contributed by atoms with Crippen molar-refractivity contribution >= 4 is 28.9 Å². The van der Waals surface area contributed by atoms with Gasteiger partial charge in [-0.05, 0) is 64.5 Å². The predicted molar refractivity (Wildman–Crippen MR) is 167 cm³/mol. The molecule has 3 fully saturated rings. The number of aromatic nitrogens is 4. The summed E-state index contributed by atoms with van der Waals surface area (Å²) in [6.07, 6.45) is -2.06. The normalized spacial score (nSPS) is 23.8. The number of imidazole rings is 1. The first kappa shape index (κ1) is 33.0. The lowest BCUT2D eigenvalue weighted by atomic mass is 9.83. The van der Waals surface area contributed by atoms with Gasteiger partial charge in [-0.3, -0.25) is 14.3 Å². The zero-order valence-electron chi connectivity index (χ0n) is 26.9. The Labute approximate surface area is 271 Å². The number of carbonyl (C=O) groups excluding carboxylic acids is 2. The van der Waals surface area contributed by atoms with Gasteiger partial charge in [0.2, 0.25) is 11.8 Å². The molecule has 2 saturated heterocycles. The number of alkyl halides is 3. The maximum Gasteiger partial charge on any atom is 0.411 e. The largest absolute Gasteiger partial charge is 0.474 e. The van der Waals surface area contributed by atoms with Gasteiger partial charge in [0.15, 0.2) is 11.6 Å². The van der Waals surface area contributed by atoms with Gasteiger partial charge in [0.1, 0.15) is 23.7 Å². The van der Waals surface area contributed by atoms with Crippen LogP contribution in [-0.2, 0) is 14.3 Å². The highest BCUT2D eigenvalue weighted by molar-refractivity contribution is 5.88. The van der Waals surface area contributed by atoms with Gasteiger partial charge in [-0.2, -0.15) is 9.97 Å². The molecule has 0 spiro atoms. The zero-order chi connectivity index (χ0) is 33.3. The first-order chi connectivity index (χ1) is 22.4. The molecular weight excluding hydrogens is 617 g/mol. The molecule has 4 heterocycles. The van der Waals surface area contributed by atoms with Gasteiger partial charge in [0, 0.05) is 32.0 Å². The minimum absolute atomic E-state index is 0.0163. The monoisotopic (exact) mass is 658 g/mol. The number of carbonyl (C=O) groups is 2. The summed E-state index contributed by atoms with van der Waals surface area (Å²) in [6.45, 7) is 7.13. The second-order valence-corrected chi connectivity index (χ2v) is 13.5. The number of hydrogen-bond donors (Lipinski definition) is 0. The summed E-state index contributed by atoms with van der Waals surface area (Å²) >= 11 is 0. The van der Waals surface area contributed by atoms with Gasteiger partial charge in [-0.1, -0.05) is 12.1 Å². The maximum absolute atomic E-state index is 14.3. The first-order valence-electron chi connectivity index (χ1n) is 16.3. The minimum Gasteiger partial charge on any atom is -0.474 e. The third-order valence-corrected chi connectivity index (χ3v) is 8.80. The lowest BCUT2D eigenvalue weighted by Gasteiger charge is -2.31. The molecule has 1 aliphatic carbocycles. The quantitative estimate of drug-likeness (QED) is 0.295. The number of halogens is 3. The van der Waals surface area contributed by atoms with Crippen molar-refractivity contribution in [1.29, 1.82) is 0 Å². The van der Waals surface area contributed by atoms with E-state index in [4.69, 9.17) is 14.2 Å². The Morgan fingerprint density at radius 1 is 1.04 bits per heavy atom. The van der Waals surface area contributed by atoms with Crippen LogP contribution in [0.3, 0.4) is 0 Å². The third-order valence-electron chi connectivity index (χ3n) is 8.80. The van der Waals surface area contributed by atoms with E-state index in [1.807, 2.05) is 4.90 Å². The van der Waals surface area contributed by atoms with E-state index < -0.39 is 36.2 Å². The summed E-state index contributed by atoms with van der Waals surface area (Å²) in [6, 6.07) is 7.65. The Morgan fingerprint density at radius 2 is 1.77 bits per heavy atom. The molecule has 2 aromatic heterocycles. The van der Waals surface area contributed by atoms with Crippen molar-refractivity contribution in [3.8, 4) is 11.7 Å². The molecule has 1 saturated carbocycles. The van der Waals surface area contributed by atoms with E-state index in [2.05, 4.69) is 15.0 Å². The average molecular weight is 659 g/mol. The SMILES string of the molecule is CC(C)(C)OC(=O)N1C[C@H](F)C[C@H]1C(=O)CC1CCC(Oc2cc(-n3c(C(F)F)nc4ccccc43)nc(N3CCOCC3)n2)CC1. The molecule has 0 unspecified atom stereocenters. The van der Waals surface area contributed by atoms with Crippen molar-refractivity contribution in [3.63, 3.8) is 0 Å². The highest BCUT2D eigenvalue weighted by Gasteiger charge is 2.42. The van der Waals surface area contributed by atoms with Crippen LogP contribution in [0.4, 0.5) is 23.9 Å². The Bertz CT molecular complexity index is 1580. The highest BCUT2D eigenvalue weighted by atomic mass is 19.3. The fourth-order valence-corrected chi connectivity index (χ4v) is 6.57. The summed E-state index contributed by atoms with van der Waals surface area (Å²) in [5, 5.41) is 0. The predicted octanol–water partition coefficient (Wildman–Crippen LogP) is 5.83. The number of ether oxygens (including phenoxy) is 3. The number of likely N-dealkylation sites (tertiary alicyclic amines) is 1. The summed E-state index contributed by atoms with van der Waals surface area (Å²) in [4.78, 5) is 42.6. The molecular formula is C33H41F3N6O5. The number of Topliss-reactive ketones (excluding diaryl/α,β-unsaturated/α-hetero) is 1. The molecule has 254 valence electrons. The molecule has 0 radical (unpaired) electrons. The van der Waals surface area contributed by atoms with E-state index in [1.165, 1.54) is 9.47 Å². The first-order valence-corrected chi connectivity index (χ1v) is 16.3. The van der Waals surface area contributed by atoms with E-state index >= 15 is 0 Å². The zero-order valence-corrected chi connectivity index (χ0v) is 26.9. The number of para-hydroxylation sites is 2. The molecule has 2 aliphatic heterocycles. The van der Waals surface area contributed by atoms with Crippen LogP contribution in [0.25, 0.3) is 16.9 Å². The van der Waals surface area contributed by atoms with Crippen molar-refractivity contribution in [2.45, 2.75) is 89.6 Å². The smallest absolute Gasteiger partial charge is 0.411 e. The summed E-state index contributed by atoms with van der Waals surface area (Å²) < 4.78 is 61.4. The number of ketones is 1. The van der Waals surface area contributed by atoms with Gasteiger partial charge in [0.05, 0.1) is 36.8 Å². The number of anilines is 1. The van der Waals surface area contributed by atoms with E-state index in [1.54, 1.807) is 51.1 Å². The fourth-order valence-electron chi connectivity index (χ4n) is 6.57. The van der Waals surface area contributed by atoms with Gasteiger partial charge < -0.3 is 19.1 Å². The molecule has 1 aromatic carbocycles. The van der Waals surface area contributed by atoms with Gasteiger partial charge >= 0.3 is 6.09 Å². The van der Waals surface area contributed by atoms with E-state index in [0.717, 1.165) is 0 Å². The molecule has 1 amide bonds. The standard InChI is InChI=1S/C33H41F3N6O5/c1-33(2,3)47-32(44)41-19-21(34)17-25(41)26(43)16-20-8-10-22(11-9-20)46-28-18-27(38-31(39-28)40-12-14-45-15-13-40)42-24-7-5-4-6-23(24)37-30(42)29(35)36/h4-7,18,20-22,25,29H,8-17,19H2,1-3H3/t20?,21-,22?,25+/m1/s1. The lowest BCUT2D eigenvalue weighted by Crippen LogP contribution is -2.44. The summed E-state index contributed by atoms with van der Waals surface area (Å²) in [5.41, 5.74) is 0.179. The van der Waals surface area contributed by atoms with Gasteiger partial charge in [0.25, 0.3) is 6.43 Å². The molecule has 14 heteroatoms. The van der Waals surface area contributed by atoms with E-state index in [0.29, 0.717) is 69.0 Å². The van der Waals surface area contributed by atoms with Crippen LogP contribution in [0.5, 0.6) is 5.88 Å². The number of morpholine rings is 1. The second kappa shape index (κ2) is 13.7. The third kappa shape index (κ3) is 7.63. The Balaban J connectivity index is 1.15. The molecule has 2 atom stereocenters. The van der Waals surface area contributed by atoms with E-state index in [-0.39, 0.29) is 48.9 Å². The van der Waals surface area contributed by atoms with Crippen molar-refractivity contribution in [1.82, 2.24) is 24.4 Å². The number of amides is 1. The summed E-state index contributed by atoms with van der Waals surface area (Å²) in [5.74, 6) is 0.352. The number of nitrogens with zero attached hydrogens (tertiary/aromatic N) is 6. The summed E-state index contributed by atoms with van der Waals surface area (Å²) in [7, 11) is 0. The molecule has 0 bridgehead atoms. The van der Waals surface area contributed by atoms with Crippen LogP contribution in [0.1, 0.15) is 71.5 Å². The number of fused-ring (bicyclic) bond motifs is 1. The Hall–Kier alpha value is -3.94. The number of hydrogen-bond acceptors (Lipinski definition) is 9. The van der Waals surface area contributed by atoms with E-state index in [9.17, 15) is 22.8 Å². The van der Waals surface area contributed by atoms with Gasteiger partial charge in [-0.25, -0.2) is 22.9 Å². The van der Waals surface area contributed by atoms with Crippen LogP contribution in [0.15, 0.2) is 30.3 Å². The molecule has 11 nitrogen and oxygen atoms in total. The topological polar surface area (TPSA) is 112 Å². The van der Waals surface area contributed by atoms with Crippen LogP contribution < -0.4 is 9.64 Å². The molecule has 47 heavy (non-hydrogen) atoms. The van der Waals surface area contributed by atoms with Gasteiger partial charge in [-0.15, -0.1) is 0 Å². The lowest BCUT2D eigenvalue weighted by molar-refractivity contribution is -0.124. The van der Waals surface area contributed by atoms with Crippen molar-refractivity contribution in [3.05, 3.63) is 36.2 Å². The Kier molecular flexibility index (Phi) is 9.58. The molecule has 3 aliphatic rings. The molecule has 3 aromatic rings. The fraction of sp³-hybridized carbons (Fsp3) is 0.606.